The summed E-state index contributed by atoms with van der Waals surface area (Å²) in [4.78, 5) is 21.3. The number of aldehydes is 1. The van der Waals surface area contributed by atoms with Crippen LogP contribution in [0.25, 0.3) is 0 Å². The zero-order chi connectivity index (χ0) is 9.84. The molecule has 66 valence electrons. The molecule has 1 aromatic rings. The maximum atomic E-state index is 11.0. The number of nitrogens with zero attached hydrogens (tertiary/aromatic N) is 1. The molecule has 5 nitrogen and oxygen atoms in total. The number of hydrogen-bond acceptors (Lipinski definition) is 5. The van der Waals surface area contributed by atoms with E-state index in [4.69, 9.17) is 9.68 Å². The van der Waals surface area contributed by atoms with Crippen LogP contribution < -0.4 is 0 Å². The molecule has 0 aromatic carbocycles. The van der Waals surface area contributed by atoms with Gasteiger partial charge in [-0.3, -0.25) is 4.79 Å². The highest BCUT2D eigenvalue weighted by Crippen LogP contribution is 2.13. The molecule has 0 unspecified atom stereocenters. The first-order valence-electron chi connectivity index (χ1n) is 3.30. The van der Waals surface area contributed by atoms with Crippen molar-refractivity contribution in [3.8, 4) is 6.07 Å². The number of methoxy groups -OCH3 is 1. The van der Waals surface area contributed by atoms with Gasteiger partial charge in [-0.2, -0.15) is 5.26 Å². The molecular weight excluding hydrogens is 174 g/mol. The van der Waals surface area contributed by atoms with Crippen molar-refractivity contribution in [3.05, 3.63) is 23.2 Å². The second kappa shape index (κ2) is 3.54. The molecule has 0 N–H and O–H groups in total. The van der Waals surface area contributed by atoms with Gasteiger partial charge in [0.1, 0.15) is 11.6 Å². The Balaban J connectivity index is 3.20. The summed E-state index contributed by atoms with van der Waals surface area (Å²) in [7, 11) is 1.18. The lowest BCUT2D eigenvalue weighted by atomic mass is 10.2. The Morgan fingerprint density at radius 3 is 2.92 bits per heavy atom. The molecule has 0 atom stereocenters. The number of furan rings is 1. The molecule has 0 saturated carbocycles. The van der Waals surface area contributed by atoms with Crippen molar-refractivity contribution >= 4 is 12.3 Å². The second-order valence-corrected chi connectivity index (χ2v) is 2.11. The van der Waals surface area contributed by atoms with Crippen molar-refractivity contribution in [3.63, 3.8) is 0 Å². The minimum atomic E-state index is -0.702. The Labute approximate surface area is 73.5 Å². The van der Waals surface area contributed by atoms with E-state index in [1.807, 2.05) is 0 Å². The molecular formula is C8H5NO4. The molecule has 0 amide bonds. The number of nitriles is 1. The number of carbonyl (C=O) groups excluding carboxylic acids is 2. The van der Waals surface area contributed by atoms with Crippen LogP contribution in [-0.2, 0) is 4.74 Å². The van der Waals surface area contributed by atoms with Gasteiger partial charge in [0, 0.05) is 6.07 Å². The van der Waals surface area contributed by atoms with Crippen LogP contribution in [0.15, 0.2) is 10.5 Å². The molecule has 0 radical (unpaired) electrons. The van der Waals surface area contributed by atoms with Crippen molar-refractivity contribution < 1.29 is 18.7 Å². The van der Waals surface area contributed by atoms with Crippen LogP contribution in [0.4, 0.5) is 0 Å². The monoisotopic (exact) mass is 179 g/mol. The molecule has 0 saturated heterocycles. The molecule has 5 heteroatoms. The maximum Gasteiger partial charge on any atom is 0.341 e. The molecule has 0 spiro atoms. The second-order valence-electron chi connectivity index (χ2n) is 2.11. The smallest absolute Gasteiger partial charge is 0.341 e. The maximum absolute atomic E-state index is 11.0. The van der Waals surface area contributed by atoms with E-state index in [1.165, 1.54) is 7.11 Å². The zero-order valence-electron chi connectivity index (χ0n) is 6.73. The number of ether oxygens (including phenoxy) is 1. The first kappa shape index (κ1) is 9.00. The van der Waals surface area contributed by atoms with Crippen molar-refractivity contribution in [2.75, 3.05) is 7.11 Å². The lowest BCUT2D eigenvalue weighted by Gasteiger charge is -1.92. The van der Waals surface area contributed by atoms with Crippen LogP contribution >= 0.6 is 0 Å². The van der Waals surface area contributed by atoms with Gasteiger partial charge in [-0.25, -0.2) is 4.79 Å². The Morgan fingerprint density at radius 1 is 1.77 bits per heavy atom. The van der Waals surface area contributed by atoms with Crippen molar-refractivity contribution in [2.24, 2.45) is 0 Å². The van der Waals surface area contributed by atoms with Crippen LogP contribution in [0.5, 0.6) is 0 Å². The van der Waals surface area contributed by atoms with Crippen LogP contribution in [-0.4, -0.2) is 19.4 Å². The van der Waals surface area contributed by atoms with Gasteiger partial charge < -0.3 is 9.15 Å². The minimum absolute atomic E-state index is 0.0333. The highest BCUT2D eigenvalue weighted by atomic mass is 16.5. The van der Waals surface area contributed by atoms with Crippen molar-refractivity contribution in [1.82, 2.24) is 0 Å². The summed E-state index contributed by atoms with van der Waals surface area (Å²) < 4.78 is 9.08. The van der Waals surface area contributed by atoms with Gasteiger partial charge in [0.2, 0.25) is 5.76 Å². The van der Waals surface area contributed by atoms with E-state index in [2.05, 4.69) is 4.74 Å². The normalized spacial score (nSPS) is 8.92. The third-order valence-corrected chi connectivity index (χ3v) is 1.38. The topological polar surface area (TPSA) is 80.3 Å². The fourth-order valence-corrected chi connectivity index (χ4v) is 0.817. The fourth-order valence-electron chi connectivity index (χ4n) is 0.817. The summed E-state index contributed by atoms with van der Waals surface area (Å²) in [5, 5.41) is 8.41. The predicted molar refractivity (Wildman–Crippen MR) is 40.2 cm³/mol. The third kappa shape index (κ3) is 1.56. The molecule has 1 rings (SSSR count). The lowest BCUT2D eigenvalue weighted by molar-refractivity contribution is 0.0597. The average molecular weight is 179 g/mol. The first-order chi connectivity index (χ1) is 6.22. The van der Waals surface area contributed by atoms with E-state index < -0.39 is 5.97 Å². The molecule has 0 aliphatic rings. The van der Waals surface area contributed by atoms with Crippen LogP contribution in [0.1, 0.15) is 26.7 Å². The van der Waals surface area contributed by atoms with E-state index in [1.54, 1.807) is 6.07 Å². The summed E-state index contributed by atoms with van der Waals surface area (Å²) >= 11 is 0. The van der Waals surface area contributed by atoms with Gasteiger partial charge in [0.05, 0.1) is 7.11 Å². The molecule has 0 fully saturated rings. The van der Waals surface area contributed by atoms with Crippen molar-refractivity contribution in [1.29, 1.82) is 5.26 Å². The third-order valence-electron chi connectivity index (χ3n) is 1.38. The van der Waals surface area contributed by atoms with E-state index in [9.17, 15) is 9.59 Å². The summed E-state index contributed by atoms with van der Waals surface area (Å²) in [6.45, 7) is 0. The summed E-state index contributed by atoms with van der Waals surface area (Å²) in [6.07, 6.45) is 0.354. The predicted octanol–water partition coefficient (Wildman–Crippen LogP) is 0.750. The standard InChI is InChI=1S/C8H5NO4/c1-12-8(11)6-2-5(3-9)13-7(6)4-10/h2,4H,1H3. The molecule has 1 aromatic heterocycles. The van der Waals surface area contributed by atoms with Crippen LogP contribution in [0.3, 0.4) is 0 Å². The Bertz CT molecular complexity index is 385. The van der Waals surface area contributed by atoms with Gasteiger partial charge in [-0.1, -0.05) is 0 Å². The van der Waals surface area contributed by atoms with Crippen molar-refractivity contribution in [2.45, 2.75) is 0 Å². The SMILES string of the molecule is COC(=O)c1cc(C#N)oc1C=O. The minimum Gasteiger partial charge on any atom is -0.465 e. The van der Waals surface area contributed by atoms with Gasteiger partial charge in [0.25, 0.3) is 0 Å². The van der Waals surface area contributed by atoms with Gasteiger partial charge in [0.15, 0.2) is 12.0 Å². The summed E-state index contributed by atoms with van der Waals surface area (Å²) in [5.74, 6) is -0.988. The van der Waals surface area contributed by atoms with Crippen LogP contribution in [0, 0.1) is 11.3 Å². The van der Waals surface area contributed by atoms with Gasteiger partial charge in [-0.05, 0) is 0 Å². The Kier molecular flexibility index (Phi) is 2.45. The number of hydrogen-bond donors (Lipinski definition) is 0. The van der Waals surface area contributed by atoms with Crippen LogP contribution in [0.2, 0.25) is 0 Å². The number of rotatable bonds is 2. The Hall–Kier alpha value is -2.09. The zero-order valence-corrected chi connectivity index (χ0v) is 6.73. The molecule has 13 heavy (non-hydrogen) atoms. The molecule has 1 heterocycles. The summed E-state index contributed by atoms with van der Waals surface area (Å²) in [6, 6.07) is 2.83. The van der Waals surface area contributed by atoms with Gasteiger partial charge in [-0.15, -0.1) is 0 Å². The van der Waals surface area contributed by atoms with E-state index in [0.29, 0.717) is 6.29 Å². The number of esters is 1. The summed E-state index contributed by atoms with van der Waals surface area (Å²) in [5.41, 5.74) is -0.0333. The number of carbonyl (C=O) groups is 2. The first-order valence-corrected chi connectivity index (χ1v) is 3.30. The molecule has 0 aliphatic heterocycles. The average Bonchev–Trinajstić information content (AvgIpc) is 2.59. The van der Waals surface area contributed by atoms with E-state index in [-0.39, 0.29) is 17.1 Å². The van der Waals surface area contributed by atoms with E-state index in [0.717, 1.165) is 6.07 Å². The van der Waals surface area contributed by atoms with Gasteiger partial charge >= 0.3 is 5.97 Å². The highest BCUT2D eigenvalue weighted by molar-refractivity contribution is 5.96. The highest BCUT2D eigenvalue weighted by Gasteiger charge is 2.17. The molecule has 0 aliphatic carbocycles. The van der Waals surface area contributed by atoms with E-state index >= 15 is 0 Å². The molecule has 0 bridgehead atoms. The fraction of sp³-hybridized carbons (Fsp3) is 0.125. The quantitative estimate of drug-likeness (QED) is 0.494. The lowest BCUT2D eigenvalue weighted by Crippen LogP contribution is -2.02. The largest absolute Gasteiger partial charge is 0.465 e. The Morgan fingerprint density at radius 2 is 2.46 bits per heavy atom.